The molecule has 0 N–H and O–H groups in total. The molecular weight excluding hydrogens is 291 g/mol. The molecule has 0 radical (unpaired) electrons. The van der Waals surface area contributed by atoms with E-state index in [-0.39, 0.29) is 5.91 Å². The van der Waals surface area contributed by atoms with Crippen LogP contribution in [-0.2, 0) is 11.3 Å². The third-order valence-corrected chi connectivity index (χ3v) is 3.97. The second kappa shape index (κ2) is 5.15. The van der Waals surface area contributed by atoms with Crippen molar-refractivity contribution in [1.82, 2.24) is 9.88 Å². The number of amides is 1. The van der Waals surface area contributed by atoms with Crippen LogP contribution in [0.3, 0.4) is 0 Å². The van der Waals surface area contributed by atoms with E-state index < -0.39 is 0 Å². The van der Waals surface area contributed by atoms with E-state index in [0.717, 1.165) is 17.4 Å². The van der Waals surface area contributed by atoms with E-state index >= 15 is 0 Å². The van der Waals surface area contributed by atoms with Crippen LogP contribution < -0.4 is 0 Å². The molecule has 2 heterocycles. The molecular formula is C11H12BrClN2O. The van der Waals surface area contributed by atoms with E-state index in [0.29, 0.717) is 24.0 Å². The predicted octanol–water partition coefficient (Wildman–Crippen LogP) is 2.48. The number of hydrogen-bond acceptors (Lipinski definition) is 2. The Morgan fingerprint density at radius 3 is 3.06 bits per heavy atom. The lowest BCUT2D eigenvalue weighted by Gasteiger charge is -2.16. The lowest BCUT2D eigenvalue weighted by molar-refractivity contribution is -0.128. The Morgan fingerprint density at radius 2 is 2.44 bits per heavy atom. The fourth-order valence-corrected chi connectivity index (χ4v) is 2.47. The van der Waals surface area contributed by atoms with Crippen LogP contribution in [0.4, 0.5) is 0 Å². The van der Waals surface area contributed by atoms with Gasteiger partial charge in [-0.2, -0.15) is 0 Å². The topological polar surface area (TPSA) is 33.2 Å². The van der Waals surface area contributed by atoms with Crippen LogP contribution in [0.15, 0.2) is 18.3 Å². The Hall–Kier alpha value is -0.610. The van der Waals surface area contributed by atoms with Gasteiger partial charge >= 0.3 is 0 Å². The van der Waals surface area contributed by atoms with Crippen LogP contribution >= 0.6 is 27.5 Å². The molecule has 1 amide bonds. The van der Waals surface area contributed by atoms with Gasteiger partial charge in [-0.15, -0.1) is 0 Å². The number of carbonyl (C=O) groups is 1. The van der Waals surface area contributed by atoms with Crippen molar-refractivity contribution in [2.24, 2.45) is 5.92 Å². The van der Waals surface area contributed by atoms with Crippen LogP contribution in [0.25, 0.3) is 0 Å². The molecule has 0 saturated carbocycles. The maximum absolute atomic E-state index is 11.7. The van der Waals surface area contributed by atoms with Gasteiger partial charge in [-0.25, -0.2) is 4.98 Å². The van der Waals surface area contributed by atoms with Crippen LogP contribution in [0.1, 0.15) is 12.0 Å². The third-order valence-electron chi connectivity index (χ3n) is 2.71. The highest BCUT2D eigenvalue weighted by molar-refractivity contribution is 9.09. The van der Waals surface area contributed by atoms with Gasteiger partial charge in [0.15, 0.2) is 0 Å². The summed E-state index contributed by atoms with van der Waals surface area (Å²) in [6.45, 7) is 1.37. The van der Waals surface area contributed by atoms with Crippen molar-refractivity contribution in [3.05, 3.63) is 29.0 Å². The summed E-state index contributed by atoms with van der Waals surface area (Å²) in [6.07, 6.45) is 2.28. The maximum atomic E-state index is 11.7. The van der Waals surface area contributed by atoms with Gasteiger partial charge in [0.25, 0.3) is 0 Å². The lowest BCUT2D eigenvalue weighted by Crippen LogP contribution is -2.25. The molecule has 86 valence electrons. The van der Waals surface area contributed by atoms with Crippen molar-refractivity contribution >= 4 is 33.4 Å². The predicted molar refractivity (Wildman–Crippen MR) is 66.6 cm³/mol. The van der Waals surface area contributed by atoms with Gasteiger partial charge in [-0.1, -0.05) is 33.6 Å². The highest BCUT2D eigenvalue weighted by atomic mass is 79.9. The highest BCUT2D eigenvalue weighted by Gasteiger charge is 2.28. The van der Waals surface area contributed by atoms with E-state index in [9.17, 15) is 4.79 Å². The zero-order valence-electron chi connectivity index (χ0n) is 8.70. The van der Waals surface area contributed by atoms with E-state index in [1.165, 1.54) is 0 Å². The number of carbonyl (C=O) groups excluding carboxylic acids is 1. The van der Waals surface area contributed by atoms with Crippen molar-refractivity contribution < 1.29 is 4.79 Å². The van der Waals surface area contributed by atoms with Crippen LogP contribution in [0, 0.1) is 5.92 Å². The van der Waals surface area contributed by atoms with Gasteiger partial charge in [0.05, 0.1) is 0 Å². The number of rotatable bonds is 3. The number of likely N-dealkylation sites (tertiary alicyclic amines) is 1. The number of pyridine rings is 1. The van der Waals surface area contributed by atoms with Gasteiger partial charge in [0.1, 0.15) is 5.15 Å². The summed E-state index contributed by atoms with van der Waals surface area (Å²) < 4.78 is 0. The minimum Gasteiger partial charge on any atom is -0.338 e. The first-order valence-corrected chi connectivity index (χ1v) is 6.63. The molecule has 0 spiro atoms. The summed E-state index contributed by atoms with van der Waals surface area (Å²) >= 11 is 9.38. The molecule has 0 aliphatic carbocycles. The zero-order chi connectivity index (χ0) is 11.5. The normalized spacial score (nSPS) is 20.5. The lowest BCUT2D eigenvalue weighted by atomic mass is 10.2. The molecule has 0 bridgehead atoms. The smallest absolute Gasteiger partial charge is 0.223 e. The summed E-state index contributed by atoms with van der Waals surface area (Å²) in [5, 5.41) is 1.35. The molecule has 3 nitrogen and oxygen atoms in total. The quantitative estimate of drug-likeness (QED) is 0.635. The summed E-state index contributed by atoms with van der Waals surface area (Å²) in [5.41, 5.74) is 0.910. The third kappa shape index (κ3) is 2.55. The Bertz CT molecular complexity index is 399. The van der Waals surface area contributed by atoms with Gasteiger partial charge in [-0.05, 0) is 12.0 Å². The Kier molecular flexibility index (Phi) is 3.82. The van der Waals surface area contributed by atoms with Crippen molar-refractivity contribution in [1.29, 1.82) is 0 Å². The van der Waals surface area contributed by atoms with E-state index in [4.69, 9.17) is 11.6 Å². The number of aromatic nitrogens is 1. The van der Waals surface area contributed by atoms with Crippen molar-refractivity contribution in [3.8, 4) is 0 Å². The molecule has 5 heteroatoms. The Morgan fingerprint density at radius 1 is 1.62 bits per heavy atom. The standard InChI is InChI=1S/C11H12BrClN2O/c12-5-8-4-10(16)15(6-8)7-9-2-1-3-14-11(9)13/h1-3,8H,4-7H2. The second-order valence-electron chi connectivity index (χ2n) is 3.95. The number of hydrogen-bond donors (Lipinski definition) is 0. The summed E-state index contributed by atoms with van der Waals surface area (Å²) in [6, 6.07) is 3.74. The van der Waals surface area contributed by atoms with Crippen LogP contribution in [0.2, 0.25) is 5.15 Å². The molecule has 1 saturated heterocycles. The molecule has 0 aromatic carbocycles. The Balaban J connectivity index is 2.06. The second-order valence-corrected chi connectivity index (χ2v) is 4.96. The SMILES string of the molecule is O=C1CC(CBr)CN1Cc1cccnc1Cl. The van der Waals surface area contributed by atoms with Gasteiger partial charge in [0.2, 0.25) is 5.91 Å². The molecule has 1 aliphatic rings. The van der Waals surface area contributed by atoms with Gasteiger partial charge in [0, 0.05) is 36.6 Å². The molecule has 1 aliphatic heterocycles. The average Bonchev–Trinajstić information content (AvgIpc) is 2.63. The van der Waals surface area contributed by atoms with Crippen LogP contribution in [-0.4, -0.2) is 27.7 Å². The van der Waals surface area contributed by atoms with Gasteiger partial charge in [-0.3, -0.25) is 4.79 Å². The van der Waals surface area contributed by atoms with Crippen LogP contribution in [0.5, 0.6) is 0 Å². The molecule has 1 aromatic rings. The van der Waals surface area contributed by atoms with Crippen molar-refractivity contribution in [3.63, 3.8) is 0 Å². The van der Waals surface area contributed by atoms with E-state index in [2.05, 4.69) is 20.9 Å². The molecule has 2 rings (SSSR count). The largest absolute Gasteiger partial charge is 0.338 e. The molecule has 1 unspecified atom stereocenters. The van der Waals surface area contributed by atoms with Crippen molar-refractivity contribution in [2.75, 3.05) is 11.9 Å². The monoisotopic (exact) mass is 302 g/mol. The first-order valence-electron chi connectivity index (χ1n) is 5.14. The maximum Gasteiger partial charge on any atom is 0.223 e. The average molecular weight is 304 g/mol. The summed E-state index contributed by atoms with van der Waals surface area (Å²) in [4.78, 5) is 17.5. The minimum absolute atomic E-state index is 0.198. The fraction of sp³-hybridized carbons (Fsp3) is 0.455. The molecule has 16 heavy (non-hydrogen) atoms. The van der Waals surface area contributed by atoms with E-state index in [1.807, 2.05) is 17.0 Å². The summed E-state index contributed by atoms with van der Waals surface area (Å²) in [7, 11) is 0. The Labute approximate surface area is 108 Å². The summed E-state index contributed by atoms with van der Waals surface area (Å²) in [5.74, 6) is 0.618. The molecule has 1 aromatic heterocycles. The van der Waals surface area contributed by atoms with Gasteiger partial charge < -0.3 is 4.90 Å². The fourth-order valence-electron chi connectivity index (χ4n) is 1.85. The molecule has 1 fully saturated rings. The number of halogens is 2. The van der Waals surface area contributed by atoms with Crippen molar-refractivity contribution in [2.45, 2.75) is 13.0 Å². The van der Waals surface area contributed by atoms with E-state index in [1.54, 1.807) is 6.20 Å². The molecule has 1 atom stereocenters. The number of alkyl halides is 1. The number of nitrogens with zero attached hydrogens (tertiary/aromatic N) is 2. The zero-order valence-corrected chi connectivity index (χ0v) is 11.0. The first kappa shape index (κ1) is 11.9. The highest BCUT2D eigenvalue weighted by Crippen LogP contribution is 2.23. The first-order chi connectivity index (χ1) is 7.70. The minimum atomic E-state index is 0.198.